The molecule has 2 heterocycles. The maximum Gasteiger partial charge on any atom is 0.0933 e. The van der Waals surface area contributed by atoms with Crippen LogP contribution in [0, 0.1) is 0 Å². The Morgan fingerprint density at radius 1 is 0.333 bits per heavy atom. The summed E-state index contributed by atoms with van der Waals surface area (Å²) in [6, 6.07) is 68.2. The van der Waals surface area contributed by atoms with Gasteiger partial charge in [0.2, 0.25) is 0 Å². The van der Waals surface area contributed by atoms with Gasteiger partial charge in [-0.25, -0.2) is 0 Å². The molecule has 0 saturated heterocycles. The van der Waals surface area contributed by atoms with E-state index in [1.54, 1.807) is 0 Å². The summed E-state index contributed by atoms with van der Waals surface area (Å²) in [5.74, 6) is 0. The quantitative estimate of drug-likeness (QED) is 0.150. The fraction of sp³-hybridized carbons (Fsp3) is 0.0182. The van der Waals surface area contributed by atoms with Gasteiger partial charge < -0.3 is 0 Å². The molecule has 10 rings (SSSR count). The molecule has 57 heavy (non-hydrogen) atoms. The number of hydrogen-bond acceptors (Lipinski definition) is 2. The van der Waals surface area contributed by atoms with E-state index in [9.17, 15) is 0 Å². The van der Waals surface area contributed by atoms with Gasteiger partial charge in [-0.2, -0.15) is 0 Å². The van der Waals surface area contributed by atoms with Gasteiger partial charge in [-0.1, -0.05) is 158 Å². The Bertz CT molecular complexity index is 2920. The van der Waals surface area contributed by atoms with Crippen LogP contribution in [0.5, 0.6) is 0 Å². The molecule has 0 aliphatic carbocycles. The van der Waals surface area contributed by atoms with Crippen molar-refractivity contribution in [3.05, 3.63) is 224 Å². The van der Waals surface area contributed by atoms with E-state index >= 15 is 0 Å². The number of aromatic nitrogens is 1. The average Bonchev–Trinajstić information content (AvgIpc) is 3.59. The molecule has 0 fully saturated rings. The molecule has 0 bridgehead atoms. The number of benzene rings is 8. The summed E-state index contributed by atoms with van der Waals surface area (Å²) in [6.45, 7) is 0. The Morgan fingerprint density at radius 2 is 0.895 bits per heavy atom. The van der Waals surface area contributed by atoms with Crippen molar-refractivity contribution in [3.63, 3.8) is 0 Å². The molecule has 0 radical (unpaired) electrons. The highest BCUT2D eigenvalue weighted by Crippen LogP contribution is 2.46. The van der Waals surface area contributed by atoms with Gasteiger partial charge in [0.1, 0.15) is 0 Å². The molecule has 2 heteroatoms. The minimum atomic E-state index is -0.0567. The van der Waals surface area contributed by atoms with E-state index in [-0.39, 0.29) is 6.04 Å². The predicted octanol–water partition coefficient (Wildman–Crippen LogP) is 14.6. The lowest BCUT2D eigenvalue weighted by Gasteiger charge is -2.20. The zero-order valence-electron chi connectivity index (χ0n) is 31.3. The SMILES string of the molecule is C1=CC=N[C@H](c2cccc(-c3c4ccccc4c(-c4cccc(-c5ccccn5)c4)c4ccc(-c5cc(-c6ccccc6)cc(-c6ccccc6)c5)cc34)c2)C=C1. The minimum absolute atomic E-state index is 0.0567. The second kappa shape index (κ2) is 15.0. The van der Waals surface area contributed by atoms with Crippen molar-refractivity contribution in [3.8, 4) is 66.9 Å². The summed E-state index contributed by atoms with van der Waals surface area (Å²) in [5, 5.41) is 4.83. The smallest absolute Gasteiger partial charge is 0.0933 e. The summed E-state index contributed by atoms with van der Waals surface area (Å²) in [7, 11) is 0. The highest BCUT2D eigenvalue weighted by atomic mass is 14.8. The summed E-state index contributed by atoms with van der Waals surface area (Å²) < 4.78 is 0. The molecule has 0 spiro atoms. The molecular weight excluding hydrogens is 689 g/mol. The second-order valence-corrected chi connectivity index (χ2v) is 14.5. The topological polar surface area (TPSA) is 25.2 Å². The monoisotopic (exact) mass is 726 g/mol. The van der Waals surface area contributed by atoms with E-state index in [1.807, 2.05) is 36.7 Å². The molecule has 0 N–H and O–H groups in total. The molecule has 1 aliphatic rings. The number of allylic oxidation sites excluding steroid dienone is 3. The standard InChI is InChI=1S/C55H38N2/c1-4-16-38(17-5-1)45-34-46(39-18-6-2-7-19-39)36-47(35-45)40-28-29-50-51(37-40)55(44-23-15-21-42(33-44)52-26-8-3-12-30-56-52)49-25-10-9-24-48(49)54(50)43-22-14-20-41(32-43)53-27-11-13-31-57-53/h1-37,52H/t52-/m0/s1. The van der Waals surface area contributed by atoms with Crippen molar-refractivity contribution >= 4 is 27.8 Å². The predicted molar refractivity (Wildman–Crippen MR) is 241 cm³/mol. The van der Waals surface area contributed by atoms with Crippen LogP contribution in [0.2, 0.25) is 0 Å². The molecule has 1 aromatic heterocycles. The van der Waals surface area contributed by atoms with Crippen LogP contribution in [-0.4, -0.2) is 11.2 Å². The Balaban J connectivity index is 1.25. The van der Waals surface area contributed by atoms with Crippen molar-refractivity contribution in [2.45, 2.75) is 6.04 Å². The lowest BCUT2D eigenvalue weighted by Crippen LogP contribution is -1.95. The maximum absolute atomic E-state index is 4.86. The first-order chi connectivity index (χ1) is 28.3. The van der Waals surface area contributed by atoms with Crippen LogP contribution in [0.3, 0.4) is 0 Å². The normalized spacial score (nSPS) is 13.6. The first-order valence-electron chi connectivity index (χ1n) is 19.5. The molecule has 0 unspecified atom stereocenters. The maximum atomic E-state index is 4.86. The van der Waals surface area contributed by atoms with Crippen molar-refractivity contribution in [1.29, 1.82) is 0 Å². The fourth-order valence-electron chi connectivity index (χ4n) is 8.29. The van der Waals surface area contributed by atoms with Crippen molar-refractivity contribution in [2.24, 2.45) is 4.99 Å². The first kappa shape index (κ1) is 34.1. The average molecular weight is 727 g/mol. The van der Waals surface area contributed by atoms with Gasteiger partial charge in [-0.05, 0) is 137 Å². The van der Waals surface area contributed by atoms with Gasteiger partial charge in [-0.15, -0.1) is 0 Å². The van der Waals surface area contributed by atoms with Crippen molar-refractivity contribution in [1.82, 2.24) is 4.98 Å². The summed E-state index contributed by atoms with van der Waals surface area (Å²) in [6.07, 6.45) is 12.0. The van der Waals surface area contributed by atoms with Gasteiger partial charge >= 0.3 is 0 Å². The van der Waals surface area contributed by atoms with Crippen LogP contribution < -0.4 is 0 Å². The highest BCUT2D eigenvalue weighted by molar-refractivity contribution is 6.22. The lowest BCUT2D eigenvalue weighted by atomic mass is 9.83. The molecule has 0 saturated carbocycles. The van der Waals surface area contributed by atoms with E-state index in [0.717, 1.165) is 22.4 Å². The number of hydrogen-bond donors (Lipinski definition) is 0. The summed E-state index contributed by atoms with van der Waals surface area (Å²) >= 11 is 0. The fourth-order valence-corrected chi connectivity index (χ4v) is 8.29. The second-order valence-electron chi connectivity index (χ2n) is 14.5. The number of fused-ring (bicyclic) bond motifs is 2. The molecular formula is C55H38N2. The van der Waals surface area contributed by atoms with Crippen molar-refractivity contribution < 1.29 is 0 Å². The zero-order chi connectivity index (χ0) is 38.0. The molecule has 0 amide bonds. The van der Waals surface area contributed by atoms with Crippen LogP contribution in [0.25, 0.3) is 88.4 Å². The van der Waals surface area contributed by atoms with Gasteiger partial charge in [-0.3, -0.25) is 9.98 Å². The molecule has 268 valence electrons. The number of nitrogens with zero attached hydrogens (tertiary/aromatic N) is 2. The summed E-state index contributed by atoms with van der Waals surface area (Å²) in [5.41, 5.74) is 15.1. The van der Waals surface area contributed by atoms with Crippen molar-refractivity contribution in [2.75, 3.05) is 0 Å². The number of rotatable bonds is 7. The third-order valence-corrected chi connectivity index (χ3v) is 11.0. The molecule has 1 atom stereocenters. The van der Waals surface area contributed by atoms with Gasteiger partial charge in [0, 0.05) is 18.0 Å². The summed E-state index contributed by atoms with van der Waals surface area (Å²) in [4.78, 5) is 9.56. The van der Waals surface area contributed by atoms with Crippen LogP contribution in [0.4, 0.5) is 0 Å². The first-order valence-corrected chi connectivity index (χ1v) is 19.5. The van der Waals surface area contributed by atoms with Gasteiger partial charge in [0.25, 0.3) is 0 Å². The number of pyridine rings is 1. The van der Waals surface area contributed by atoms with Crippen LogP contribution >= 0.6 is 0 Å². The number of aliphatic imine (C=N–C) groups is 1. The molecule has 2 nitrogen and oxygen atoms in total. The van der Waals surface area contributed by atoms with Gasteiger partial charge in [0.15, 0.2) is 0 Å². The van der Waals surface area contributed by atoms with Crippen LogP contribution in [0.1, 0.15) is 11.6 Å². The highest BCUT2D eigenvalue weighted by Gasteiger charge is 2.20. The van der Waals surface area contributed by atoms with Crippen LogP contribution in [-0.2, 0) is 0 Å². The Labute approximate surface area is 333 Å². The lowest BCUT2D eigenvalue weighted by molar-refractivity contribution is 0.922. The van der Waals surface area contributed by atoms with E-state index in [4.69, 9.17) is 9.98 Å². The largest absolute Gasteiger partial charge is 0.281 e. The third-order valence-electron chi connectivity index (χ3n) is 11.0. The van der Waals surface area contributed by atoms with E-state index < -0.39 is 0 Å². The Hall–Kier alpha value is -7.42. The van der Waals surface area contributed by atoms with Crippen LogP contribution in [0.15, 0.2) is 224 Å². The molecule has 1 aliphatic heterocycles. The van der Waals surface area contributed by atoms with E-state index in [1.165, 1.54) is 71.6 Å². The van der Waals surface area contributed by atoms with E-state index in [0.29, 0.717) is 0 Å². The molecule has 9 aromatic rings. The van der Waals surface area contributed by atoms with Gasteiger partial charge in [0.05, 0.1) is 11.7 Å². The third kappa shape index (κ3) is 6.68. The Morgan fingerprint density at radius 3 is 1.60 bits per heavy atom. The molecule has 8 aromatic carbocycles. The minimum Gasteiger partial charge on any atom is -0.281 e. The zero-order valence-corrected chi connectivity index (χ0v) is 31.3. The van der Waals surface area contributed by atoms with E-state index in [2.05, 4.69) is 188 Å². The Kier molecular flexibility index (Phi) is 8.98.